The standard InChI is InChI=1S/C13H23N3O2/c1-5-13(6-2,9-17)8-14-12(18)11-7-10(3)15-16(11)4/h7,17H,5-6,8-9H2,1-4H3,(H,14,18). The van der Waals surface area contributed by atoms with Gasteiger partial charge in [0, 0.05) is 19.0 Å². The first kappa shape index (κ1) is 14.7. The average Bonchev–Trinajstić information content (AvgIpc) is 2.70. The van der Waals surface area contributed by atoms with E-state index in [4.69, 9.17) is 0 Å². The highest BCUT2D eigenvalue weighted by Crippen LogP contribution is 2.24. The molecule has 5 nitrogen and oxygen atoms in total. The molecule has 0 aliphatic carbocycles. The molecule has 1 aromatic heterocycles. The first-order chi connectivity index (χ1) is 8.48. The Hall–Kier alpha value is -1.36. The number of carbonyl (C=O) groups excluding carboxylic acids is 1. The van der Waals surface area contributed by atoms with E-state index in [-0.39, 0.29) is 17.9 Å². The molecule has 0 aromatic carbocycles. The van der Waals surface area contributed by atoms with Gasteiger partial charge in [-0.25, -0.2) is 0 Å². The summed E-state index contributed by atoms with van der Waals surface area (Å²) in [6.07, 6.45) is 1.68. The molecule has 1 amide bonds. The molecule has 0 saturated carbocycles. The van der Waals surface area contributed by atoms with Crippen LogP contribution in [0.5, 0.6) is 0 Å². The van der Waals surface area contributed by atoms with E-state index in [1.54, 1.807) is 17.8 Å². The van der Waals surface area contributed by atoms with Gasteiger partial charge in [0.2, 0.25) is 0 Å². The summed E-state index contributed by atoms with van der Waals surface area (Å²) in [5.41, 5.74) is 1.15. The summed E-state index contributed by atoms with van der Waals surface area (Å²) >= 11 is 0. The van der Waals surface area contributed by atoms with Crippen LogP contribution in [-0.2, 0) is 7.05 Å². The van der Waals surface area contributed by atoms with E-state index in [9.17, 15) is 9.90 Å². The van der Waals surface area contributed by atoms with Crippen molar-refractivity contribution in [2.45, 2.75) is 33.6 Å². The third kappa shape index (κ3) is 3.10. The minimum absolute atomic E-state index is 0.0880. The van der Waals surface area contributed by atoms with Crippen LogP contribution in [0.3, 0.4) is 0 Å². The van der Waals surface area contributed by atoms with Crippen molar-refractivity contribution < 1.29 is 9.90 Å². The molecule has 2 N–H and O–H groups in total. The minimum atomic E-state index is -0.219. The van der Waals surface area contributed by atoms with Gasteiger partial charge in [-0.3, -0.25) is 9.48 Å². The smallest absolute Gasteiger partial charge is 0.269 e. The van der Waals surface area contributed by atoms with Gasteiger partial charge in [-0.1, -0.05) is 13.8 Å². The molecule has 0 unspecified atom stereocenters. The van der Waals surface area contributed by atoms with E-state index >= 15 is 0 Å². The lowest BCUT2D eigenvalue weighted by atomic mass is 9.83. The molecule has 0 radical (unpaired) electrons. The maximum absolute atomic E-state index is 12.0. The Morgan fingerprint density at radius 3 is 2.50 bits per heavy atom. The topological polar surface area (TPSA) is 67.2 Å². The summed E-state index contributed by atoms with van der Waals surface area (Å²) in [5.74, 6) is -0.141. The second-order valence-electron chi connectivity index (χ2n) is 4.84. The van der Waals surface area contributed by atoms with Gasteiger partial charge in [0.25, 0.3) is 5.91 Å². The number of hydrogen-bond acceptors (Lipinski definition) is 3. The number of nitrogens with one attached hydrogen (secondary N) is 1. The molecule has 0 atom stereocenters. The van der Waals surface area contributed by atoms with Crippen LogP contribution < -0.4 is 5.32 Å². The summed E-state index contributed by atoms with van der Waals surface area (Å²) in [6.45, 7) is 6.48. The first-order valence-corrected chi connectivity index (χ1v) is 6.37. The van der Waals surface area contributed by atoms with Gasteiger partial charge in [0.05, 0.1) is 12.3 Å². The van der Waals surface area contributed by atoms with Gasteiger partial charge in [-0.05, 0) is 25.8 Å². The van der Waals surface area contributed by atoms with Crippen LogP contribution in [0.2, 0.25) is 0 Å². The zero-order valence-corrected chi connectivity index (χ0v) is 11.7. The minimum Gasteiger partial charge on any atom is -0.396 e. The SMILES string of the molecule is CCC(CC)(CO)CNC(=O)c1cc(C)nn1C. The van der Waals surface area contributed by atoms with Gasteiger partial charge in [-0.2, -0.15) is 5.10 Å². The van der Waals surface area contributed by atoms with E-state index in [0.717, 1.165) is 18.5 Å². The molecular formula is C13H23N3O2. The number of amides is 1. The van der Waals surface area contributed by atoms with Crippen LogP contribution >= 0.6 is 0 Å². The predicted octanol–water partition coefficient (Wildman–Crippen LogP) is 1.26. The second-order valence-corrected chi connectivity index (χ2v) is 4.84. The Kier molecular flexibility index (Phi) is 4.90. The highest BCUT2D eigenvalue weighted by atomic mass is 16.3. The van der Waals surface area contributed by atoms with Crippen LogP contribution in [0.4, 0.5) is 0 Å². The highest BCUT2D eigenvalue weighted by Gasteiger charge is 2.26. The van der Waals surface area contributed by atoms with Crippen molar-refractivity contribution in [3.8, 4) is 0 Å². The number of aliphatic hydroxyl groups is 1. The molecule has 0 bridgehead atoms. The lowest BCUT2D eigenvalue weighted by Crippen LogP contribution is -2.39. The van der Waals surface area contributed by atoms with Crippen LogP contribution in [0, 0.1) is 12.3 Å². The molecule has 0 spiro atoms. The predicted molar refractivity (Wildman–Crippen MR) is 70.4 cm³/mol. The maximum atomic E-state index is 12.0. The Labute approximate surface area is 108 Å². The fourth-order valence-electron chi connectivity index (χ4n) is 1.96. The number of nitrogens with zero attached hydrogens (tertiary/aromatic N) is 2. The van der Waals surface area contributed by atoms with Crippen molar-refractivity contribution in [3.63, 3.8) is 0 Å². The normalized spacial score (nSPS) is 11.6. The van der Waals surface area contributed by atoms with Crippen molar-refractivity contribution in [3.05, 3.63) is 17.5 Å². The Balaban J connectivity index is 2.69. The quantitative estimate of drug-likeness (QED) is 0.802. The second kappa shape index (κ2) is 6.00. The fourth-order valence-corrected chi connectivity index (χ4v) is 1.96. The zero-order chi connectivity index (χ0) is 13.8. The molecule has 0 saturated heterocycles. The molecule has 0 fully saturated rings. The summed E-state index contributed by atoms with van der Waals surface area (Å²) < 4.78 is 1.57. The van der Waals surface area contributed by atoms with Crippen LogP contribution in [-0.4, -0.2) is 33.9 Å². The highest BCUT2D eigenvalue weighted by molar-refractivity contribution is 5.92. The van der Waals surface area contributed by atoms with Gasteiger partial charge in [-0.15, -0.1) is 0 Å². The van der Waals surface area contributed by atoms with Gasteiger partial charge >= 0.3 is 0 Å². The van der Waals surface area contributed by atoms with Crippen LogP contribution in [0.1, 0.15) is 42.9 Å². The largest absolute Gasteiger partial charge is 0.396 e. The lowest BCUT2D eigenvalue weighted by Gasteiger charge is -2.29. The third-order valence-corrected chi connectivity index (χ3v) is 3.69. The van der Waals surface area contributed by atoms with E-state index < -0.39 is 0 Å². The van der Waals surface area contributed by atoms with Gasteiger partial charge in [0.1, 0.15) is 5.69 Å². The molecule has 102 valence electrons. The van der Waals surface area contributed by atoms with Crippen molar-refractivity contribution in [1.29, 1.82) is 0 Å². The molecule has 18 heavy (non-hydrogen) atoms. The van der Waals surface area contributed by atoms with Crippen molar-refractivity contribution in [2.24, 2.45) is 12.5 Å². The van der Waals surface area contributed by atoms with Crippen molar-refractivity contribution in [1.82, 2.24) is 15.1 Å². The number of aryl methyl sites for hydroxylation is 2. The van der Waals surface area contributed by atoms with Crippen molar-refractivity contribution >= 4 is 5.91 Å². The molecule has 1 heterocycles. The summed E-state index contributed by atoms with van der Waals surface area (Å²) in [4.78, 5) is 12.0. The first-order valence-electron chi connectivity index (χ1n) is 6.37. The van der Waals surface area contributed by atoms with Crippen molar-refractivity contribution in [2.75, 3.05) is 13.2 Å². The number of hydrogen-bond donors (Lipinski definition) is 2. The molecule has 1 aromatic rings. The molecular weight excluding hydrogens is 230 g/mol. The molecule has 1 rings (SSSR count). The number of rotatable bonds is 6. The Morgan fingerprint density at radius 2 is 2.11 bits per heavy atom. The summed E-state index contributed by atoms with van der Waals surface area (Å²) in [7, 11) is 1.75. The van der Waals surface area contributed by atoms with Gasteiger partial charge < -0.3 is 10.4 Å². The number of aliphatic hydroxyl groups excluding tert-OH is 1. The van der Waals surface area contributed by atoms with Crippen LogP contribution in [0.15, 0.2) is 6.07 Å². The molecule has 0 aliphatic rings. The lowest BCUT2D eigenvalue weighted by molar-refractivity contribution is 0.0843. The van der Waals surface area contributed by atoms with E-state index in [1.807, 2.05) is 20.8 Å². The fraction of sp³-hybridized carbons (Fsp3) is 0.692. The Bertz CT molecular complexity index is 400. The van der Waals surface area contributed by atoms with E-state index in [0.29, 0.717) is 12.2 Å². The Morgan fingerprint density at radius 1 is 1.50 bits per heavy atom. The van der Waals surface area contributed by atoms with Gasteiger partial charge in [0.15, 0.2) is 0 Å². The average molecular weight is 253 g/mol. The third-order valence-electron chi connectivity index (χ3n) is 3.69. The number of carbonyl (C=O) groups is 1. The van der Waals surface area contributed by atoms with Crippen LogP contribution in [0.25, 0.3) is 0 Å². The molecule has 5 heteroatoms. The zero-order valence-electron chi connectivity index (χ0n) is 11.7. The number of aromatic nitrogens is 2. The molecule has 0 aliphatic heterocycles. The summed E-state index contributed by atoms with van der Waals surface area (Å²) in [6, 6.07) is 1.76. The van der Waals surface area contributed by atoms with E-state index in [1.165, 1.54) is 0 Å². The monoisotopic (exact) mass is 253 g/mol. The van der Waals surface area contributed by atoms with E-state index in [2.05, 4.69) is 10.4 Å². The maximum Gasteiger partial charge on any atom is 0.269 e. The summed E-state index contributed by atoms with van der Waals surface area (Å²) in [5, 5.41) is 16.5.